The lowest BCUT2D eigenvalue weighted by atomic mass is 9.96. The highest BCUT2D eigenvalue weighted by molar-refractivity contribution is 5.95. The van der Waals surface area contributed by atoms with Crippen LogP contribution in [0.3, 0.4) is 0 Å². The summed E-state index contributed by atoms with van der Waals surface area (Å²) in [6.45, 7) is 7.32. The number of rotatable bonds is 8. The molecule has 4 heterocycles. The highest BCUT2D eigenvalue weighted by atomic mass is 19.1. The molecular weight excluding hydrogens is 650 g/mol. The standard InChI is InChI=1S/C28H30F2N6O3.C4H6O6/c1-3-16-10-24(37)19(29)11-18(16)17-8-20(30)26-22(9-17)33-34-27(26)28-31-21-4-5-36(13-23(21)32-28)25(38)14-35-6-7-39-15(2)12-35;5-1(3(7)8)2(6)4(9)10/h8-11,15,37H,3-7,12-14H2,1-2H3,(H,31,32)(H,33,34);1-2,5-6H,(H,7,8)(H,9,10)/t15-;/m0./s1. The second-order valence-corrected chi connectivity index (χ2v) is 11.8. The van der Waals surface area contributed by atoms with Gasteiger partial charge in [0.05, 0.1) is 48.1 Å². The van der Waals surface area contributed by atoms with Gasteiger partial charge < -0.3 is 40.2 Å². The SMILES string of the molecule is CCc1cc(O)c(F)cc1-c1cc(F)c2c(-c3nc4c([nH]3)CN(C(=O)CN3CCO[C@@H](C)C3)CC4)n[nH]c2c1.O=C(O)C(O)C(O)C(=O)O. The lowest BCUT2D eigenvalue weighted by Gasteiger charge is -2.33. The first-order valence-electron chi connectivity index (χ1n) is 15.5. The number of carboxylic acid groups (broad SMARTS) is 2. The van der Waals surface area contributed by atoms with Crippen molar-refractivity contribution in [1.82, 2.24) is 30.0 Å². The van der Waals surface area contributed by atoms with Crippen LogP contribution in [0.5, 0.6) is 5.75 Å². The summed E-state index contributed by atoms with van der Waals surface area (Å²) in [6, 6.07) is 5.66. The van der Waals surface area contributed by atoms with Gasteiger partial charge in [0.1, 0.15) is 11.5 Å². The molecule has 1 amide bonds. The number of carbonyl (C=O) groups is 3. The quantitative estimate of drug-likeness (QED) is 0.141. The zero-order valence-corrected chi connectivity index (χ0v) is 26.6. The van der Waals surface area contributed by atoms with Gasteiger partial charge in [0.15, 0.2) is 29.6 Å². The number of imidazole rings is 1. The first kappa shape index (κ1) is 35.3. The van der Waals surface area contributed by atoms with E-state index < -0.39 is 41.5 Å². The average molecular weight is 687 g/mol. The number of fused-ring (bicyclic) bond motifs is 2. The number of amides is 1. The number of phenols is 1. The van der Waals surface area contributed by atoms with E-state index in [9.17, 15) is 23.9 Å². The maximum absolute atomic E-state index is 15.5. The van der Waals surface area contributed by atoms with E-state index in [1.807, 2.05) is 18.7 Å². The number of ether oxygens (including phenoxy) is 1. The Bertz CT molecular complexity index is 1860. The molecule has 2 aromatic heterocycles. The van der Waals surface area contributed by atoms with Crippen LogP contribution < -0.4 is 0 Å². The van der Waals surface area contributed by atoms with Crippen molar-refractivity contribution in [1.29, 1.82) is 0 Å². The van der Waals surface area contributed by atoms with E-state index in [1.54, 1.807) is 6.07 Å². The number of halogens is 2. The lowest BCUT2D eigenvalue weighted by molar-refractivity contribution is -0.165. The topological polar surface area (TPSA) is 225 Å². The number of morpholine rings is 1. The Kier molecular flexibility index (Phi) is 10.6. The van der Waals surface area contributed by atoms with Crippen molar-refractivity contribution < 1.29 is 53.4 Å². The van der Waals surface area contributed by atoms with Gasteiger partial charge in [-0.3, -0.25) is 14.8 Å². The number of hydrogen-bond acceptors (Lipinski definition) is 10. The molecule has 0 saturated carbocycles. The number of hydrogen-bond donors (Lipinski definition) is 7. The Hall–Kier alpha value is -4.97. The third-order valence-corrected chi connectivity index (χ3v) is 8.38. The Balaban J connectivity index is 0.000000409. The summed E-state index contributed by atoms with van der Waals surface area (Å²) in [5, 5.41) is 49.8. The van der Waals surface area contributed by atoms with Crippen LogP contribution in [0.4, 0.5) is 8.78 Å². The highest BCUT2D eigenvalue weighted by Crippen LogP contribution is 2.35. The van der Waals surface area contributed by atoms with Crippen LogP contribution in [0.2, 0.25) is 0 Å². The molecule has 0 aliphatic carbocycles. The van der Waals surface area contributed by atoms with Crippen LogP contribution in [0.15, 0.2) is 24.3 Å². The molecule has 1 fully saturated rings. The number of benzene rings is 2. The summed E-state index contributed by atoms with van der Waals surface area (Å²) >= 11 is 0. The normalized spacial score (nSPS) is 17.6. The summed E-state index contributed by atoms with van der Waals surface area (Å²) in [7, 11) is 0. The van der Waals surface area contributed by atoms with E-state index >= 15 is 4.39 Å². The highest BCUT2D eigenvalue weighted by Gasteiger charge is 2.30. The Morgan fingerprint density at radius 3 is 2.43 bits per heavy atom. The molecule has 49 heavy (non-hydrogen) atoms. The first-order chi connectivity index (χ1) is 23.3. The van der Waals surface area contributed by atoms with Crippen LogP contribution in [-0.4, -0.2) is 124 Å². The van der Waals surface area contributed by atoms with Crippen LogP contribution in [0.25, 0.3) is 33.5 Å². The third kappa shape index (κ3) is 7.69. The van der Waals surface area contributed by atoms with Gasteiger partial charge in [-0.2, -0.15) is 5.10 Å². The zero-order valence-electron chi connectivity index (χ0n) is 26.6. The van der Waals surface area contributed by atoms with Crippen LogP contribution in [0.1, 0.15) is 30.8 Å². The zero-order chi connectivity index (χ0) is 35.6. The second kappa shape index (κ2) is 14.7. The average Bonchev–Trinajstić information content (AvgIpc) is 3.69. The molecule has 2 aromatic carbocycles. The van der Waals surface area contributed by atoms with E-state index in [0.29, 0.717) is 72.8 Å². The van der Waals surface area contributed by atoms with Gasteiger partial charge >= 0.3 is 11.9 Å². The van der Waals surface area contributed by atoms with Crippen molar-refractivity contribution in [3.63, 3.8) is 0 Å². The molecule has 4 aromatic rings. The van der Waals surface area contributed by atoms with Crippen LogP contribution in [-0.2, 0) is 38.5 Å². The number of nitrogens with zero attached hydrogens (tertiary/aromatic N) is 4. The molecule has 0 spiro atoms. The molecule has 17 heteroatoms. The van der Waals surface area contributed by atoms with Gasteiger partial charge in [0, 0.05) is 26.1 Å². The van der Waals surface area contributed by atoms with E-state index in [0.717, 1.165) is 24.5 Å². The van der Waals surface area contributed by atoms with Crippen molar-refractivity contribution >= 4 is 28.7 Å². The first-order valence-corrected chi connectivity index (χ1v) is 15.5. The molecule has 2 aliphatic heterocycles. The number of aliphatic hydroxyl groups excluding tert-OH is 2. The summed E-state index contributed by atoms with van der Waals surface area (Å²) in [6.07, 6.45) is -3.28. The molecule has 0 bridgehead atoms. The minimum Gasteiger partial charge on any atom is -0.505 e. The van der Waals surface area contributed by atoms with Crippen molar-refractivity contribution in [2.75, 3.05) is 32.8 Å². The number of aliphatic carboxylic acids is 2. The van der Waals surface area contributed by atoms with Gasteiger partial charge in [-0.05, 0) is 54.3 Å². The van der Waals surface area contributed by atoms with Gasteiger partial charge in [-0.15, -0.1) is 0 Å². The minimum absolute atomic E-state index is 0.0619. The number of H-pyrrole nitrogens is 2. The molecule has 2 aliphatic rings. The molecule has 0 radical (unpaired) electrons. The van der Waals surface area contributed by atoms with Crippen molar-refractivity contribution in [2.45, 2.75) is 51.5 Å². The third-order valence-electron chi connectivity index (χ3n) is 8.38. The number of aromatic nitrogens is 4. The largest absolute Gasteiger partial charge is 0.505 e. The second-order valence-electron chi connectivity index (χ2n) is 11.8. The van der Waals surface area contributed by atoms with E-state index in [2.05, 4.69) is 25.1 Å². The maximum atomic E-state index is 15.5. The number of aliphatic hydroxyl groups is 2. The van der Waals surface area contributed by atoms with E-state index in [-0.39, 0.29) is 17.4 Å². The van der Waals surface area contributed by atoms with E-state index in [1.165, 1.54) is 18.2 Å². The summed E-state index contributed by atoms with van der Waals surface area (Å²) in [4.78, 5) is 44.4. The Labute approximate surface area is 277 Å². The van der Waals surface area contributed by atoms with Gasteiger partial charge in [0.2, 0.25) is 5.91 Å². The molecule has 3 atom stereocenters. The summed E-state index contributed by atoms with van der Waals surface area (Å²) < 4.78 is 35.2. The van der Waals surface area contributed by atoms with Gasteiger partial charge in [-0.25, -0.2) is 23.4 Å². The maximum Gasteiger partial charge on any atom is 0.335 e. The monoisotopic (exact) mass is 686 g/mol. The number of nitrogens with one attached hydrogen (secondary N) is 2. The fourth-order valence-corrected chi connectivity index (χ4v) is 5.82. The molecule has 7 N–H and O–H groups in total. The Morgan fingerprint density at radius 2 is 1.78 bits per heavy atom. The number of carbonyl (C=O) groups excluding carboxylic acids is 1. The molecule has 15 nitrogen and oxygen atoms in total. The predicted octanol–water partition coefficient (Wildman–Crippen LogP) is 1.65. The molecule has 6 rings (SSSR count). The number of phenolic OH excluding ortho intramolecular Hbond substituents is 1. The number of aromatic amines is 2. The Morgan fingerprint density at radius 1 is 1.06 bits per heavy atom. The minimum atomic E-state index is -2.27. The van der Waals surface area contributed by atoms with Crippen LogP contribution >= 0.6 is 0 Å². The molecule has 1 saturated heterocycles. The predicted molar refractivity (Wildman–Crippen MR) is 168 cm³/mol. The van der Waals surface area contributed by atoms with Gasteiger partial charge in [-0.1, -0.05) is 6.92 Å². The molecule has 2 unspecified atom stereocenters. The van der Waals surface area contributed by atoms with Crippen molar-refractivity contribution in [2.24, 2.45) is 0 Å². The fraction of sp³-hybridized carbons (Fsp3) is 0.406. The number of aryl methyl sites for hydroxylation is 1. The number of aromatic hydroxyl groups is 1. The fourth-order valence-electron chi connectivity index (χ4n) is 5.82. The smallest absolute Gasteiger partial charge is 0.335 e. The summed E-state index contributed by atoms with van der Waals surface area (Å²) in [5.74, 6) is -4.76. The van der Waals surface area contributed by atoms with Gasteiger partial charge in [0.25, 0.3) is 0 Å². The van der Waals surface area contributed by atoms with Crippen molar-refractivity contribution in [3.8, 4) is 28.4 Å². The molecular formula is C32H36F2N6O9. The van der Waals surface area contributed by atoms with Crippen LogP contribution in [0, 0.1) is 11.6 Å². The molecule has 262 valence electrons. The number of carboxylic acids is 2. The van der Waals surface area contributed by atoms with Crippen molar-refractivity contribution in [3.05, 3.63) is 52.9 Å². The lowest BCUT2D eigenvalue weighted by Crippen LogP contribution is -2.48. The van der Waals surface area contributed by atoms with E-state index in [4.69, 9.17) is 25.2 Å². The summed E-state index contributed by atoms with van der Waals surface area (Å²) in [5.41, 5.74) is 4.14.